The maximum Gasteiger partial charge on any atom is 0.264 e. The summed E-state index contributed by atoms with van der Waals surface area (Å²) in [6.45, 7) is 2.57. The summed E-state index contributed by atoms with van der Waals surface area (Å²) >= 11 is 5.44. The van der Waals surface area contributed by atoms with Crippen LogP contribution in [0.25, 0.3) is 0 Å². The van der Waals surface area contributed by atoms with Crippen molar-refractivity contribution in [1.29, 1.82) is 0 Å². The Hall–Kier alpha value is -4.11. The van der Waals surface area contributed by atoms with Gasteiger partial charge >= 0.3 is 0 Å². The molecule has 0 aliphatic carbocycles. The van der Waals surface area contributed by atoms with E-state index >= 15 is 0 Å². The van der Waals surface area contributed by atoms with E-state index in [1.54, 1.807) is 18.2 Å². The van der Waals surface area contributed by atoms with E-state index in [-0.39, 0.29) is 16.6 Å². The molecule has 4 rings (SSSR count). The number of rotatable bonds is 6. The predicted octanol–water partition coefficient (Wildman–Crippen LogP) is 3.79. The highest BCUT2D eigenvalue weighted by Gasteiger charge is 2.24. The highest BCUT2D eigenvalue weighted by atomic mass is 32.1. The molecule has 1 fully saturated rings. The van der Waals surface area contributed by atoms with Gasteiger partial charge in [-0.15, -0.1) is 0 Å². The Balaban J connectivity index is 1.41. The average molecular weight is 505 g/mol. The Kier molecular flexibility index (Phi) is 8.02. The molecule has 0 unspecified atom stereocenters. The molecule has 1 aliphatic heterocycles. The number of ether oxygens (including phenoxy) is 2. The van der Waals surface area contributed by atoms with Crippen molar-refractivity contribution in [3.63, 3.8) is 0 Å². The molecule has 3 aromatic carbocycles. The Bertz CT molecular complexity index is 1220. The molecule has 0 aromatic heterocycles. The van der Waals surface area contributed by atoms with E-state index in [1.165, 1.54) is 14.2 Å². The van der Waals surface area contributed by atoms with E-state index in [0.29, 0.717) is 43.2 Å². The first-order chi connectivity index (χ1) is 17.5. The van der Waals surface area contributed by atoms with Gasteiger partial charge < -0.3 is 24.6 Å². The largest absolute Gasteiger partial charge is 0.496 e. The molecule has 1 saturated heterocycles. The van der Waals surface area contributed by atoms with Crippen LogP contribution in [0.2, 0.25) is 0 Å². The van der Waals surface area contributed by atoms with E-state index in [2.05, 4.69) is 15.5 Å². The summed E-state index contributed by atoms with van der Waals surface area (Å²) in [5.41, 5.74) is 2.66. The van der Waals surface area contributed by atoms with Crippen LogP contribution in [0.5, 0.6) is 11.5 Å². The van der Waals surface area contributed by atoms with E-state index in [1.807, 2.05) is 59.5 Å². The van der Waals surface area contributed by atoms with Crippen LogP contribution in [0.3, 0.4) is 0 Å². The summed E-state index contributed by atoms with van der Waals surface area (Å²) in [4.78, 5) is 29.8. The number of hydrogen-bond acceptors (Lipinski definition) is 6. The molecule has 186 valence electrons. The number of anilines is 2. The van der Waals surface area contributed by atoms with Crippen LogP contribution in [0.4, 0.5) is 11.4 Å². The number of methoxy groups -OCH3 is 2. The molecule has 36 heavy (non-hydrogen) atoms. The molecule has 2 amide bonds. The lowest BCUT2D eigenvalue weighted by atomic mass is 10.1. The van der Waals surface area contributed by atoms with Gasteiger partial charge in [-0.1, -0.05) is 36.4 Å². The standard InChI is InChI=1S/C27H28N4O4S/c1-34-22-13-8-14-23(35-2)24(22)25(32)29-27(36)28-20-11-6-7-12-21(20)30-15-17-31(18-16-30)26(33)19-9-4-3-5-10-19/h3-14H,15-18H2,1-2H3,(H2,28,29,32,36). The van der Waals surface area contributed by atoms with Gasteiger partial charge in [0.1, 0.15) is 17.1 Å². The van der Waals surface area contributed by atoms with Gasteiger partial charge in [-0.3, -0.25) is 14.9 Å². The number of hydrogen-bond donors (Lipinski definition) is 2. The van der Waals surface area contributed by atoms with E-state index in [9.17, 15) is 9.59 Å². The second-order valence-electron chi connectivity index (χ2n) is 8.11. The molecule has 0 radical (unpaired) electrons. The van der Waals surface area contributed by atoms with E-state index < -0.39 is 5.91 Å². The zero-order valence-corrected chi connectivity index (χ0v) is 21.0. The molecule has 0 bridgehead atoms. The number of carbonyl (C=O) groups excluding carboxylic acids is 2. The number of nitrogens with zero attached hydrogens (tertiary/aromatic N) is 2. The molecule has 1 heterocycles. The third-order valence-corrected chi connectivity index (χ3v) is 6.17. The zero-order chi connectivity index (χ0) is 25.5. The van der Waals surface area contributed by atoms with Crippen molar-refractivity contribution in [2.45, 2.75) is 0 Å². The molecule has 1 aliphatic rings. The van der Waals surface area contributed by atoms with Crippen LogP contribution in [-0.4, -0.2) is 62.2 Å². The van der Waals surface area contributed by atoms with Crippen molar-refractivity contribution in [3.8, 4) is 11.5 Å². The number of nitrogens with one attached hydrogen (secondary N) is 2. The first-order valence-corrected chi connectivity index (χ1v) is 11.9. The molecular weight excluding hydrogens is 476 g/mol. The van der Waals surface area contributed by atoms with Gasteiger partial charge in [-0.2, -0.15) is 0 Å². The third kappa shape index (κ3) is 5.58. The predicted molar refractivity (Wildman–Crippen MR) is 144 cm³/mol. The SMILES string of the molecule is COc1cccc(OC)c1C(=O)NC(=S)Nc1ccccc1N1CCN(C(=O)c2ccccc2)CC1. The van der Waals surface area contributed by atoms with Crippen LogP contribution in [-0.2, 0) is 0 Å². The van der Waals surface area contributed by atoms with Crippen LogP contribution < -0.4 is 25.0 Å². The lowest BCUT2D eigenvalue weighted by molar-refractivity contribution is 0.0746. The first kappa shape index (κ1) is 25.0. The molecule has 9 heteroatoms. The summed E-state index contributed by atoms with van der Waals surface area (Å²) in [5.74, 6) is 0.376. The lowest BCUT2D eigenvalue weighted by Gasteiger charge is -2.37. The fourth-order valence-corrected chi connectivity index (χ4v) is 4.37. The van der Waals surface area contributed by atoms with Crippen molar-refractivity contribution in [3.05, 3.63) is 83.9 Å². The minimum atomic E-state index is -0.438. The van der Waals surface area contributed by atoms with Crippen molar-refractivity contribution in [2.75, 3.05) is 50.6 Å². The van der Waals surface area contributed by atoms with Gasteiger partial charge in [-0.25, -0.2) is 0 Å². The van der Waals surface area contributed by atoms with Gasteiger partial charge in [0, 0.05) is 31.7 Å². The third-order valence-electron chi connectivity index (χ3n) is 5.96. The monoisotopic (exact) mass is 504 g/mol. The Morgan fingerprint density at radius 2 is 1.42 bits per heavy atom. The smallest absolute Gasteiger partial charge is 0.264 e. The minimum absolute atomic E-state index is 0.0392. The van der Waals surface area contributed by atoms with Crippen LogP contribution >= 0.6 is 12.2 Å². The van der Waals surface area contributed by atoms with Crippen LogP contribution in [0.15, 0.2) is 72.8 Å². The van der Waals surface area contributed by atoms with Gasteiger partial charge in [0.25, 0.3) is 11.8 Å². The molecular formula is C27H28N4O4S. The lowest BCUT2D eigenvalue weighted by Crippen LogP contribution is -2.49. The highest BCUT2D eigenvalue weighted by Crippen LogP contribution is 2.29. The first-order valence-electron chi connectivity index (χ1n) is 11.5. The average Bonchev–Trinajstić information content (AvgIpc) is 2.93. The summed E-state index contributed by atoms with van der Waals surface area (Å²) in [6.07, 6.45) is 0. The van der Waals surface area contributed by atoms with Gasteiger partial charge in [-0.05, 0) is 48.6 Å². The van der Waals surface area contributed by atoms with Crippen molar-refractivity contribution in [2.24, 2.45) is 0 Å². The molecule has 2 N–H and O–H groups in total. The minimum Gasteiger partial charge on any atom is -0.496 e. The summed E-state index contributed by atoms with van der Waals surface area (Å²) in [7, 11) is 2.98. The maximum atomic E-state index is 13.0. The maximum absolute atomic E-state index is 13.0. The number of benzene rings is 3. The number of carbonyl (C=O) groups is 2. The number of amides is 2. The molecule has 0 saturated carbocycles. The number of para-hydroxylation sites is 2. The summed E-state index contributed by atoms with van der Waals surface area (Å²) < 4.78 is 10.6. The van der Waals surface area contributed by atoms with E-state index in [4.69, 9.17) is 21.7 Å². The van der Waals surface area contributed by atoms with Crippen molar-refractivity contribution >= 4 is 40.5 Å². The molecule has 0 atom stereocenters. The van der Waals surface area contributed by atoms with Crippen LogP contribution in [0, 0.1) is 0 Å². The quantitative estimate of drug-likeness (QED) is 0.494. The number of piperazine rings is 1. The van der Waals surface area contributed by atoms with Crippen molar-refractivity contribution in [1.82, 2.24) is 10.2 Å². The topological polar surface area (TPSA) is 83.1 Å². The van der Waals surface area contributed by atoms with Gasteiger partial charge in [0.05, 0.1) is 25.6 Å². The van der Waals surface area contributed by atoms with Crippen molar-refractivity contribution < 1.29 is 19.1 Å². The van der Waals surface area contributed by atoms with Gasteiger partial charge in [0.15, 0.2) is 5.11 Å². The van der Waals surface area contributed by atoms with Crippen LogP contribution in [0.1, 0.15) is 20.7 Å². The molecule has 3 aromatic rings. The number of thiocarbonyl (C=S) groups is 1. The fraction of sp³-hybridized carbons (Fsp3) is 0.222. The molecule has 8 nitrogen and oxygen atoms in total. The zero-order valence-electron chi connectivity index (χ0n) is 20.2. The second kappa shape index (κ2) is 11.5. The second-order valence-corrected chi connectivity index (χ2v) is 8.52. The van der Waals surface area contributed by atoms with Gasteiger partial charge in [0.2, 0.25) is 0 Å². The Labute approximate surface area is 215 Å². The molecule has 0 spiro atoms. The fourth-order valence-electron chi connectivity index (χ4n) is 4.16. The Morgan fingerprint density at radius 3 is 2.06 bits per heavy atom. The summed E-state index contributed by atoms with van der Waals surface area (Å²) in [5, 5.41) is 6.00. The normalized spacial score (nSPS) is 13.1. The highest BCUT2D eigenvalue weighted by molar-refractivity contribution is 7.80. The Morgan fingerprint density at radius 1 is 0.806 bits per heavy atom. The summed E-state index contributed by atoms with van der Waals surface area (Å²) in [6, 6.07) is 22.2. The van der Waals surface area contributed by atoms with E-state index in [0.717, 1.165) is 11.4 Å².